The molecule has 0 aromatic heterocycles. The van der Waals surface area contributed by atoms with E-state index < -0.39 is 0 Å². The summed E-state index contributed by atoms with van der Waals surface area (Å²) in [4.78, 5) is 21.2. The van der Waals surface area contributed by atoms with Crippen LogP contribution in [-0.2, 0) is 9.59 Å². The van der Waals surface area contributed by atoms with Gasteiger partial charge in [0.15, 0.2) is 0 Å². The van der Waals surface area contributed by atoms with Gasteiger partial charge in [-0.05, 0) is 6.42 Å². The summed E-state index contributed by atoms with van der Waals surface area (Å²) in [5, 5.41) is 2.56. The molecule has 3 nitrogen and oxygen atoms in total. The number of unbranched alkanes of at least 4 members (excludes halogenated alkanes) is 10. The van der Waals surface area contributed by atoms with Crippen LogP contribution in [0.2, 0.25) is 0 Å². The zero-order valence-electron chi connectivity index (χ0n) is 14.6. The Balaban J connectivity index is -0.00000162. The van der Waals surface area contributed by atoms with Crippen LogP contribution in [-0.4, -0.2) is 18.7 Å². The van der Waals surface area contributed by atoms with Crippen LogP contribution >= 0.6 is 0 Å². The van der Waals surface area contributed by atoms with Crippen LogP contribution in [0, 0.1) is 0 Å². The van der Waals surface area contributed by atoms with Crippen molar-refractivity contribution in [2.45, 2.75) is 84.0 Å². The van der Waals surface area contributed by atoms with Gasteiger partial charge in [0.25, 0.3) is 0 Å². The van der Waals surface area contributed by atoms with Gasteiger partial charge in [0.1, 0.15) is 6.29 Å². The Labute approximate surface area is 168 Å². The van der Waals surface area contributed by atoms with Crippen LogP contribution in [0.1, 0.15) is 85.4 Å². The van der Waals surface area contributed by atoms with Crippen molar-refractivity contribution in [3.05, 3.63) is 0 Å². The molecule has 0 spiro atoms. The summed E-state index contributed by atoms with van der Waals surface area (Å²) in [7, 11) is 0. The van der Waals surface area contributed by atoms with E-state index in [-0.39, 0.29) is 65.3 Å². The molecule has 0 aliphatic carbocycles. The third-order valence-electron chi connectivity index (χ3n) is 3.39. The summed E-state index contributed by atoms with van der Waals surface area (Å²) in [5.41, 5.74) is 0. The minimum absolute atomic E-state index is 0. The molecule has 114 valence electrons. The van der Waals surface area contributed by atoms with E-state index in [0.29, 0.717) is 6.42 Å². The second-order valence-electron chi connectivity index (χ2n) is 5.26. The van der Waals surface area contributed by atoms with E-state index in [2.05, 4.69) is 12.2 Å². The van der Waals surface area contributed by atoms with Crippen molar-refractivity contribution >= 4 is 12.2 Å². The van der Waals surface area contributed by atoms with Crippen molar-refractivity contribution in [2.75, 3.05) is 6.54 Å². The Kier molecular flexibility index (Phi) is 22.8. The van der Waals surface area contributed by atoms with E-state index in [0.717, 1.165) is 19.1 Å². The van der Waals surface area contributed by atoms with Crippen molar-refractivity contribution < 1.29 is 62.4 Å². The SMILES string of the molecule is CCCCCCCCCCCCCC(=O)NCC=O.[H-].[K+]. The van der Waals surface area contributed by atoms with Crippen molar-refractivity contribution in [2.24, 2.45) is 0 Å². The molecule has 0 bridgehead atoms. The van der Waals surface area contributed by atoms with Crippen molar-refractivity contribution in [3.63, 3.8) is 0 Å². The number of hydrogen-bond acceptors (Lipinski definition) is 2. The fourth-order valence-corrected chi connectivity index (χ4v) is 2.19. The predicted octanol–water partition coefficient (Wildman–Crippen LogP) is 1.12. The quantitative estimate of drug-likeness (QED) is 0.297. The number of nitrogens with one attached hydrogen (secondary N) is 1. The van der Waals surface area contributed by atoms with Gasteiger partial charge in [-0.15, -0.1) is 0 Å². The molecule has 0 aromatic rings. The molecule has 1 amide bonds. The molecule has 0 unspecified atom stereocenters. The van der Waals surface area contributed by atoms with E-state index in [1.807, 2.05) is 0 Å². The van der Waals surface area contributed by atoms with E-state index in [1.165, 1.54) is 57.8 Å². The molecule has 0 heterocycles. The first-order valence-electron chi connectivity index (χ1n) is 8.01. The van der Waals surface area contributed by atoms with Gasteiger partial charge in [0, 0.05) is 6.42 Å². The summed E-state index contributed by atoms with van der Waals surface area (Å²) in [6.45, 7) is 2.40. The number of carbonyl (C=O) groups is 2. The van der Waals surface area contributed by atoms with Crippen LogP contribution < -0.4 is 56.7 Å². The zero-order chi connectivity index (χ0) is 14.2. The van der Waals surface area contributed by atoms with Gasteiger partial charge >= 0.3 is 51.4 Å². The second-order valence-corrected chi connectivity index (χ2v) is 5.26. The molecular weight excluding hydrogens is 277 g/mol. The molecule has 0 fully saturated rings. The zero-order valence-corrected chi connectivity index (χ0v) is 16.7. The summed E-state index contributed by atoms with van der Waals surface area (Å²) in [5.74, 6) is 0.00280. The molecular formula is C16H32KNO2. The number of rotatable bonds is 14. The minimum Gasteiger partial charge on any atom is -1.00 e. The monoisotopic (exact) mass is 309 g/mol. The fraction of sp³-hybridized carbons (Fsp3) is 0.875. The fourth-order valence-electron chi connectivity index (χ4n) is 2.19. The molecule has 0 saturated carbocycles. The summed E-state index contributed by atoms with van der Waals surface area (Å²) >= 11 is 0. The Bertz CT molecular complexity index is 228. The maximum absolute atomic E-state index is 11.2. The molecule has 0 aliphatic heterocycles. The first kappa shape index (κ1) is 23.0. The molecule has 20 heavy (non-hydrogen) atoms. The maximum Gasteiger partial charge on any atom is 1.00 e. The van der Waals surface area contributed by atoms with Crippen molar-refractivity contribution in [3.8, 4) is 0 Å². The number of aldehydes is 1. The largest absolute Gasteiger partial charge is 1.00 e. The Hall–Kier alpha value is 0.776. The van der Waals surface area contributed by atoms with E-state index in [9.17, 15) is 9.59 Å². The first-order valence-corrected chi connectivity index (χ1v) is 8.01. The van der Waals surface area contributed by atoms with E-state index in [1.54, 1.807) is 0 Å². The number of carbonyl (C=O) groups excluding carboxylic acids is 2. The molecule has 0 rings (SSSR count). The topological polar surface area (TPSA) is 46.2 Å². The van der Waals surface area contributed by atoms with Gasteiger partial charge in [0.05, 0.1) is 6.54 Å². The normalized spacial score (nSPS) is 9.85. The molecule has 0 aromatic carbocycles. The molecule has 0 radical (unpaired) electrons. The van der Waals surface area contributed by atoms with Gasteiger partial charge in [-0.2, -0.15) is 0 Å². The summed E-state index contributed by atoms with van der Waals surface area (Å²) < 4.78 is 0. The van der Waals surface area contributed by atoms with Crippen LogP contribution in [0.15, 0.2) is 0 Å². The van der Waals surface area contributed by atoms with Crippen LogP contribution in [0.4, 0.5) is 0 Å². The number of hydrogen-bond donors (Lipinski definition) is 1. The molecule has 0 saturated heterocycles. The van der Waals surface area contributed by atoms with E-state index >= 15 is 0 Å². The average Bonchev–Trinajstić information content (AvgIpc) is 2.42. The minimum atomic E-state index is 0. The van der Waals surface area contributed by atoms with Crippen molar-refractivity contribution in [1.82, 2.24) is 5.32 Å². The molecule has 0 aliphatic rings. The van der Waals surface area contributed by atoms with Gasteiger partial charge in [-0.25, -0.2) is 0 Å². The van der Waals surface area contributed by atoms with Gasteiger partial charge in [0.2, 0.25) is 5.91 Å². The standard InChI is InChI=1S/C16H31NO2.K.H/c1-2-3-4-5-6-7-8-9-10-11-12-13-16(19)17-14-15-18;;/h15H,2-14H2,1H3,(H,17,19);;/q;+1;-1. The second kappa shape index (κ2) is 19.8. The Morgan fingerprint density at radius 2 is 1.35 bits per heavy atom. The van der Waals surface area contributed by atoms with Gasteiger partial charge in [-0.3, -0.25) is 4.79 Å². The van der Waals surface area contributed by atoms with Crippen LogP contribution in [0.3, 0.4) is 0 Å². The summed E-state index contributed by atoms with van der Waals surface area (Å²) in [6, 6.07) is 0. The van der Waals surface area contributed by atoms with Crippen LogP contribution in [0.5, 0.6) is 0 Å². The molecule has 4 heteroatoms. The Morgan fingerprint density at radius 3 is 1.80 bits per heavy atom. The average molecular weight is 310 g/mol. The smallest absolute Gasteiger partial charge is 1.00 e. The third kappa shape index (κ3) is 18.8. The van der Waals surface area contributed by atoms with Gasteiger partial charge < -0.3 is 11.5 Å². The number of amides is 1. The van der Waals surface area contributed by atoms with E-state index in [4.69, 9.17) is 0 Å². The third-order valence-corrected chi connectivity index (χ3v) is 3.39. The molecule has 1 N–H and O–H groups in total. The van der Waals surface area contributed by atoms with Crippen LogP contribution in [0.25, 0.3) is 0 Å². The molecule has 0 atom stereocenters. The Morgan fingerprint density at radius 1 is 0.900 bits per heavy atom. The predicted molar refractivity (Wildman–Crippen MR) is 81.3 cm³/mol. The first-order chi connectivity index (χ1) is 9.31. The van der Waals surface area contributed by atoms with Gasteiger partial charge in [-0.1, -0.05) is 71.1 Å². The van der Waals surface area contributed by atoms with Crippen molar-refractivity contribution in [1.29, 1.82) is 0 Å². The maximum atomic E-state index is 11.2. The summed E-state index contributed by atoms with van der Waals surface area (Å²) in [6.07, 6.45) is 15.5.